The predicted molar refractivity (Wildman–Crippen MR) is 378 cm³/mol. The number of primary amides is 1. The van der Waals surface area contributed by atoms with Crippen molar-refractivity contribution in [3.05, 3.63) is 113 Å². The maximum absolute atomic E-state index is 14.9. The second-order valence-electron chi connectivity index (χ2n) is 27.0. The van der Waals surface area contributed by atoms with Crippen LogP contribution in [0.2, 0.25) is 0 Å². The third-order valence-corrected chi connectivity index (χ3v) is 18.5. The molecular weight excluding hydrogens is 1250 g/mol. The Morgan fingerprint density at radius 1 is 0.674 bits per heavy atom. The van der Waals surface area contributed by atoms with E-state index in [4.69, 9.17) is 29.9 Å². The lowest BCUT2D eigenvalue weighted by atomic mass is 9.71. The molecule has 522 valence electrons. The maximum atomic E-state index is 14.9. The number of nitrogens with one attached hydrogen (secondary N) is 5. The lowest BCUT2D eigenvalue weighted by Crippen LogP contribution is -2.55. The molecule has 0 fully saturated rings. The number of hydrogen-bond acceptors (Lipinski definition) is 16. The third kappa shape index (κ3) is 27.1. The Morgan fingerprint density at radius 2 is 1.28 bits per heavy atom. The van der Waals surface area contributed by atoms with Crippen LogP contribution in [-0.2, 0) is 66.5 Å². The van der Waals surface area contributed by atoms with Gasteiger partial charge in [-0.05, 0) is 101 Å². The molecule has 3 aromatic carbocycles. The number of amides is 7. The van der Waals surface area contributed by atoms with E-state index in [2.05, 4.69) is 54.3 Å². The summed E-state index contributed by atoms with van der Waals surface area (Å²) in [5.41, 5.74) is 9.71. The van der Waals surface area contributed by atoms with E-state index >= 15 is 0 Å². The highest BCUT2D eigenvalue weighted by Crippen LogP contribution is 2.36. The Bertz CT molecular complexity index is 3240. The number of Topliss-reactive ketones (excluding diaryl/α,β-unsaturated/α-hetero) is 3. The van der Waals surface area contributed by atoms with Crippen molar-refractivity contribution >= 4 is 93.3 Å². The summed E-state index contributed by atoms with van der Waals surface area (Å²) in [6.07, 6.45) is 1.03. The van der Waals surface area contributed by atoms with E-state index in [1.807, 2.05) is 96.6 Å². The summed E-state index contributed by atoms with van der Waals surface area (Å²) in [6, 6.07) is 18.1. The van der Waals surface area contributed by atoms with Gasteiger partial charge in [-0.25, -0.2) is 19.6 Å². The van der Waals surface area contributed by atoms with Gasteiger partial charge < -0.3 is 51.4 Å². The van der Waals surface area contributed by atoms with Crippen molar-refractivity contribution in [2.45, 2.75) is 188 Å². The van der Waals surface area contributed by atoms with Crippen LogP contribution in [0.1, 0.15) is 169 Å². The van der Waals surface area contributed by atoms with Gasteiger partial charge in [0.2, 0.25) is 17.7 Å². The molecule has 4 aromatic rings. The summed E-state index contributed by atoms with van der Waals surface area (Å²) in [7, 11) is 1.50. The number of nitrogens with two attached hydrogens (primary N) is 1. The van der Waals surface area contributed by atoms with Gasteiger partial charge in [0.05, 0.1) is 60.9 Å². The molecule has 7 amide bonds. The number of aromatic nitrogens is 2. The number of hydrogen-bond donors (Lipinski definition) is 6. The van der Waals surface area contributed by atoms with Gasteiger partial charge in [0.1, 0.15) is 12.6 Å². The van der Waals surface area contributed by atoms with Gasteiger partial charge in [0.25, 0.3) is 5.91 Å². The summed E-state index contributed by atoms with van der Waals surface area (Å²) in [5.74, 6) is -2.84. The van der Waals surface area contributed by atoms with Crippen molar-refractivity contribution in [3.63, 3.8) is 0 Å². The molecule has 0 bridgehead atoms. The van der Waals surface area contributed by atoms with E-state index < -0.39 is 64.7 Å². The van der Waals surface area contributed by atoms with Crippen LogP contribution in [0.5, 0.6) is 0 Å². The summed E-state index contributed by atoms with van der Waals surface area (Å²) in [5, 5.41) is 15.1. The molecule has 0 aliphatic carbocycles. The SMILES string of the molecule is CC(=O)/C(C)=C/[C@@H](NC(=O)[C@@H](CC(=O)[C@@H](N(C)C(=O)OCc1ccc(NC(=O)[C@H](CCCNC(N)=O)CC(=O)[C@@H](NC(=O)CCOCCOCCNC(=O)c2ccc3nc(CSC(C)C)c(CSC(C)C)nc3c2)C(C)C)cc1)C(C)(C)c1ccccc1)C(C)(C)C)C(C)C. The molecule has 5 atom stereocenters. The summed E-state index contributed by atoms with van der Waals surface area (Å²) in [6.45, 7) is 29.6. The normalized spacial score (nSPS) is 13.6. The van der Waals surface area contributed by atoms with Crippen molar-refractivity contribution in [2.24, 2.45) is 34.8 Å². The molecule has 4 rings (SSSR count). The first-order valence-corrected chi connectivity index (χ1v) is 35.0. The van der Waals surface area contributed by atoms with Crippen LogP contribution in [0.4, 0.5) is 15.3 Å². The number of benzene rings is 3. The Labute approximate surface area is 571 Å². The first-order chi connectivity index (χ1) is 44.7. The third-order valence-electron chi connectivity index (χ3n) is 16.3. The van der Waals surface area contributed by atoms with Gasteiger partial charge in [-0.15, -0.1) is 0 Å². The second-order valence-corrected chi connectivity index (χ2v) is 30.1. The molecule has 0 saturated carbocycles. The maximum Gasteiger partial charge on any atom is 0.410 e. The number of anilines is 1. The number of carbonyl (C=O) groups is 9. The van der Waals surface area contributed by atoms with Crippen molar-refractivity contribution in [2.75, 3.05) is 51.9 Å². The average molecular weight is 1350 g/mol. The topological polar surface area (TPSA) is 297 Å². The van der Waals surface area contributed by atoms with Gasteiger partial charge in [-0.2, -0.15) is 23.5 Å². The number of carbonyl (C=O) groups excluding carboxylic acids is 9. The fourth-order valence-corrected chi connectivity index (χ4v) is 11.9. The van der Waals surface area contributed by atoms with Crippen LogP contribution in [-0.4, -0.2) is 143 Å². The van der Waals surface area contributed by atoms with Crippen LogP contribution in [0.3, 0.4) is 0 Å². The number of nitrogens with zero attached hydrogens (tertiary/aromatic N) is 3. The monoisotopic (exact) mass is 1350 g/mol. The second kappa shape index (κ2) is 39.1. The number of fused-ring (bicyclic) bond motifs is 1. The van der Waals surface area contributed by atoms with Crippen LogP contribution >= 0.6 is 23.5 Å². The highest BCUT2D eigenvalue weighted by molar-refractivity contribution is 7.99. The van der Waals surface area contributed by atoms with E-state index in [1.54, 1.807) is 75.0 Å². The predicted octanol–water partition coefficient (Wildman–Crippen LogP) is 11.1. The standard InChI is InChI=1S/C72H105N9O12S2/c1-44(2)57(37-48(9)49(10)82)79-68(88)55(71(11,12)13)40-62(84)65(72(14,15)53-22-18-17-19-23-53)81(16)70(90)93-41-50-24-27-54(28-25-50)76-67(87)51(21-20-31-75-69(73)89)39-61(83)64(45(3)4)80-63(85)30-33-91-35-36-92-34-32-74-66(86)52-26-29-56-58(38-52)78-60(43-95-47(7)8)59(77-56)42-94-46(5)6/h17-19,22-29,37-38,44-47,51,55,57,64-65H,20-21,30-36,39-43H2,1-16H3,(H,74,86)(H,76,87)(H,79,88)(H,80,85)(H3,73,75,89)/b48-37+/t51-,55-,57-,64+,65-/m1/s1. The molecule has 0 radical (unpaired) electrons. The lowest BCUT2D eigenvalue weighted by molar-refractivity contribution is -0.136. The number of thioether (sulfide) groups is 2. The Balaban J connectivity index is 1.32. The molecule has 7 N–H and O–H groups in total. The van der Waals surface area contributed by atoms with Crippen molar-refractivity contribution in [1.82, 2.24) is 36.1 Å². The number of likely N-dealkylation sites (N-methyl/N-ethyl adjacent to an activating group) is 1. The zero-order valence-electron chi connectivity index (χ0n) is 58.7. The quantitative estimate of drug-likeness (QED) is 0.0178. The summed E-state index contributed by atoms with van der Waals surface area (Å²) >= 11 is 3.63. The Hall–Kier alpha value is -7.21. The van der Waals surface area contributed by atoms with Crippen LogP contribution in [0.15, 0.2) is 84.4 Å². The smallest absolute Gasteiger partial charge is 0.410 e. The number of allylic oxidation sites excluding steroid dienone is 1. The molecule has 0 aliphatic heterocycles. The summed E-state index contributed by atoms with van der Waals surface area (Å²) in [4.78, 5) is 132. The van der Waals surface area contributed by atoms with E-state index in [0.717, 1.165) is 34.0 Å². The van der Waals surface area contributed by atoms with Gasteiger partial charge in [-0.3, -0.25) is 33.6 Å². The average Bonchev–Trinajstić information content (AvgIpc) is 0.789. The lowest BCUT2D eigenvalue weighted by Gasteiger charge is -2.40. The first-order valence-electron chi connectivity index (χ1n) is 32.9. The first kappa shape index (κ1) is 80.2. The van der Waals surface area contributed by atoms with Crippen LogP contribution in [0, 0.1) is 29.1 Å². The zero-order valence-corrected chi connectivity index (χ0v) is 60.4. The number of urea groups is 1. The van der Waals surface area contributed by atoms with Gasteiger partial charge >= 0.3 is 12.1 Å². The minimum atomic E-state index is -1.08. The van der Waals surface area contributed by atoms with Gasteiger partial charge in [0.15, 0.2) is 17.3 Å². The highest BCUT2D eigenvalue weighted by Gasteiger charge is 2.45. The van der Waals surface area contributed by atoms with Gasteiger partial charge in [0, 0.05) is 79.4 Å². The Morgan fingerprint density at radius 3 is 1.85 bits per heavy atom. The van der Waals surface area contributed by atoms with Gasteiger partial charge in [-0.1, -0.05) is 139 Å². The zero-order chi connectivity index (χ0) is 70.7. The van der Waals surface area contributed by atoms with Crippen molar-refractivity contribution < 1.29 is 57.4 Å². The molecule has 21 nitrogen and oxygen atoms in total. The molecule has 1 aromatic heterocycles. The minimum Gasteiger partial charge on any atom is -0.445 e. The molecular formula is C72H105N9O12S2. The van der Waals surface area contributed by atoms with E-state index in [0.29, 0.717) is 44.8 Å². The van der Waals surface area contributed by atoms with E-state index in [9.17, 15) is 43.2 Å². The fourth-order valence-electron chi connectivity index (χ4n) is 10.5. The van der Waals surface area contributed by atoms with Crippen LogP contribution in [0.25, 0.3) is 11.0 Å². The molecule has 0 aliphatic rings. The number of ketones is 3. The van der Waals surface area contributed by atoms with Crippen molar-refractivity contribution in [1.29, 1.82) is 0 Å². The molecule has 0 unspecified atom stereocenters. The largest absolute Gasteiger partial charge is 0.445 e. The fraction of sp³-hybridized carbons (Fsp3) is 0.569. The van der Waals surface area contributed by atoms with E-state index in [1.165, 1.54) is 18.9 Å². The molecule has 95 heavy (non-hydrogen) atoms. The summed E-state index contributed by atoms with van der Waals surface area (Å²) < 4.78 is 17.2. The van der Waals surface area contributed by atoms with E-state index in [-0.39, 0.29) is 113 Å². The van der Waals surface area contributed by atoms with Crippen molar-refractivity contribution in [3.8, 4) is 0 Å². The highest BCUT2D eigenvalue weighted by atomic mass is 32.2. The molecule has 0 saturated heterocycles. The Kier molecular flexibility index (Phi) is 33.0. The number of rotatable bonds is 40. The molecule has 23 heteroatoms. The number of ether oxygens (including phenoxy) is 3. The molecule has 0 spiro atoms. The van der Waals surface area contributed by atoms with Crippen LogP contribution < -0.4 is 32.3 Å². The molecule has 1 heterocycles. The minimum absolute atomic E-state index is 0.0388.